The van der Waals surface area contributed by atoms with Crippen LogP contribution in [0.25, 0.3) is 11.3 Å². The average Bonchev–Trinajstić information content (AvgIpc) is 3.26. The molecule has 2 saturated heterocycles. The van der Waals surface area contributed by atoms with Gasteiger partial charge in [0, 0.05) is 56.8 Å². The Morgan fingerprint density at radius 1 is 1.19 bits per heavy atom. The fourth-order valence-corrected chi connectivity index (χ4v) is 4.21. The predicted molar refractivity (Wildman–Crippen MR) is 124 cm³/mol. The molecule has 5 N–H and O–H groups in total. The monoisotopic (exact) mass is 511 g/mol. The number of aromatic nitrogens is 4. The van der Waals surface area contributed by atoms with E-state index in [0.717, 1.165) is 0 Å². The lowest BCUT2D eigenvalue weighted by atomic mass is 9.94. The van der Waals surface area contributed by atoms with Crippen LogP contribution in [0.2, 0.25) is 0 Å². The molecule has 12 nitrogen and oxygen atoms in total. The Morgan fingerprint density at radius 3 is 2.58 bits per heavy atom. The number of hydrogen-bond acceptors (Lipinski definition) is 10. The summed E-state index contributed by atoms with van der Waals surface area (Å²) in [6, 6.07) is 0.884. The maximum Gasteiger partial charge on any atom is 0.405 e. The number of carbonyl (C=O) groups is 1. The molecule has 4 rings (SSSR count). The number of hydrogen-bond donors (Lipinski definition) is 4. The van der Waals surface area contributed by atoms with Crippen molar-refractivity contribution in [1.82, 2.24) is 30.2 Å². The van der Waals surface area contributed by atoms with Gasteiger partial charge in [0.2, 0.25) is 11.9 Å². The summed E-state index contributed by atoms with van der Waals surface area (Å²) in [7, 11) is 0. The number of halogens is 3. The molecule has 4 heterocycles. The first-order chi connectivity index (χ1) is 17.2. The molecule has 1 atom stereocenters. The van der Waals surface area contributed by atoms with Crippen molar-refractivity contribution >= 4 is 23.7 Å². The summed E-state index contributed by atoms with van der Waals surface area (Å²) in [5.41, 5.74) is 5.96. The number of ether oxygens (including phenoxy) is 1. The first-order valence-electron chi connectivity index (χ1n) is 11.4. The summed E-state index contributed by atoms with van der Waals surface area (Å²) >= 11 is 0. The van der Waals surface area contributed by atoms with Crippen LogP contribution in [0.3, 0.4) is 0 Å². The van der Waals surface area contributed by atoms with Crippen LogP contribution in [0.15, 0.2) is 18.5 Å². The number of likely N-dealkylation sites (tertiary alicyclic amines) is 1. The highest BCUT2D eigenvalue weighted by atomic mass is 19.4. The molecule has 196 valence electrons. The number of nitrogens with two attached hydrogens (primary N) is 1. The molecule has 0 aromatic carbocycles. The van der Waals surface area contributed by atoms with E-state index < -0.39 is 24.3 Å². The van der Waals surface area contributed by atoms with Crippen LogP contribution in [0.5, 0.6) is 0 Å². The SMILES string of the molecule is Nc1ncc(-c2cc(N[C@@]3(CCO)CCN(C(=O)NCC(F)(F)F)C3)nc(N3CCOCC3)n2)cn1. The number of morpholine rings is 1. The molecule has 0 radical (unpaired) electrons. The van der Waals surface area contributed by atoms with Gasteiger partial charge in [-0.25, -0.2) is 19.7 Å². The van der Waals surface area contributed by atoms with Crippen molar-refractivity contribution < 1.29 is 27.8 Å². The second kappa shape index (κ2) is 10.7. The number of nitrogens with one attached hydrogen (secondary N) is 2. The van der Waals surface area contributed by atoms with Crippen LogP contribution in [-0.4, -0.2) is 100 Å². The van der Waals surface area contributed by atoms with Gasteiger partial charge in [0.1, 0.15) is 12.4 Å². The lowest BCUT2D eigenvalue weighted by molar-refractivity contribution is -0.123. The molecule has 15 heteroatoms. The minimum absolute atomic E-state index is 0.0917. The number of urea groups is 1. The Morgan fingerprint density at radius 2 is 1.92 bits per heavy atom. The topological polar surface area (TPSA) is 155 Å². The minimum atomic E-state index is -4.51. The number of nitrogens with zero attached hydrogens (tertiary/aromatic N) is 6. The number of aliphatic hydroxyl groups excluding tert-OH is 1. The summed E-state index contributed by atoms with van der Waals surface area (Å²) in [6.45, 7) is 0.947. The number of anilines is 3. The van der Waals surface area contributed by atoms with E-state index in [1.54, 1.807) is 18.5 Å². The Bertz CT molecular complexity index is 1050. The van der Waals surface area contributed by atoms with Crippen molar-refractivity contribution in [1.29, 1.82) is 0 Å². The zero-order valence-electron chi connectivity index (χ0n) is 19.5. The molecule has 0 bridgehead atoms. The summed E-state index contributed by atoms with van der Waals surface area (Å²) in [6.07, 6.45) is -0.751. The Labute approximate surface area is 205 Å². The highest BCUT2D eigenvalue weighted by molar-refractivity contribution is 5.75. The van der Waals surface area contributed by atoms with Gasteiger partial charge in [-0.05, 0) is 12.8 Å². The highest BCUT2D eigenvalue weighted by Crippen LogP contribution is 2.31. The molecule has 2 aromatic rings. The molecule has 0 spiro atoms. The number of nitrogen functional groups attached to an aromatic ring is 1. The standard InChI is InChI=1S/C21H28F3N9O3/c22-21(23,24)12-28-19(35)33-3-1-20(13-33,2-6-34)31-16-9-15(14-10-26-17(25)27-11-14)29-18(30-16)32-4-7-36-8-5-32/h9-11,34H,1-8,12-13H2,(H,28,35)(H2,25,26,27)(H,29,30,31)/t20-/m1/s1. The third-order valence-corrected chi connectivity index (χ3v) is 6.04. The van der Waals surface area contributed by atoms with Gasteiger partial charge < -0.3 is 36.0 Å². The predicted octanol–water partition coefficient (Wildman–Crippen LogP) is 0.863. The molecule has 2 aromatic heterocycles. The molecule has 2 aliphatic rings. The highest BCUT2D eigenvalue weighted by Gasteiger charge is 2.41. The number of amides is 2. The third kappa shape index (κ3) is 6.40. The molecule has 2 aliphatic heterocycles. The normalized spacial score (nSPS) is 20.4. The van der Waals surface area contributed by atoms with E-state index in [0.29, 0.717) is 55.7 Å². The molecular weight excluding hydrogens is 483 g/mol. The second-order valence-corrected chi connectivity index (χ2v) is 8.69. The molecule has 0 aliphatic carbocycles. The van der Waals surface area contributed by atoms with E-state index in [1.165, 1.54) is 4.90 Å². The van der Waals surface area contributed by atoms with E-state index in [2.05, 4.69) is 25.3 Å². The smallest absolute Gasteiger partial charge is 0.396 e. The zero-order valence-corrected chi connectivity index (χ0v) is 19.5. The summed E-state index contributed by atoms with van der Waals surface area (Å²) in [5, 5.41) is 15.0. The van der Waals surface area contributed by atoms with Crippen LogP contribution in [-0.2, 0) is 4.74 Å². The third-order valence-electron chi connectivity index (χ3n) is 6.04. The number of alkyl halides is 3. The van der Waals surface area contributed by atoms with E-state index in [1.807, 2.05) is 10.2 Å². The van der Waals surface area contributed by atoms with Crippen LogP contribution < -0.4 is 21.3 Å². The lowest BCUT2D eigenvalue weighted by Crippen LogP contribution is -2.47. The molecule has 0 unspecified atom stereocenters. The van der Waals surface area contributed by atoms with E-state index in [9.17, 15) is 23.1 Å². The van der Waals surface area contributed by atoms with Crippen molar-refractivity contribution in [2.45, 2.75) is 24.6 Å². The van der Waals surface area contributed by atoms with Gasteiger partial charge in [-0.2, -0.15) is 18.2 Å². The molecule has 2 fully saturated rings. The number of rotatable bonds is 7. The lowest BCUT2D eigenvalue weighted by Gasteiger charge is -2.32. The number of aliphatic hydroxyl groups is 1. The number of carbonyl (C=O) groups excluding carboxylic acids is 1. The Balaban J connectivity index is 1.59. The van der Waals surface area contributed by atoms with Crippen LogP contribution in [0.1, 0.15) is 12.8 Å². The molecule has 2 amide bonds. The Kier molecular flexibility index (Phi) is 7.59. The maximum atomic E-state index is 12.5. The largest absolute Gasteiger partial charge is 0.405 e. The van der Waals surface area contributed by atoms with Crippen LogP contribution in [0.4, 0.5) is 35.7 Å². The van der Waals surface area contributed by atoms with Gasteiger partial charge in [0.05, 0.1) is 24.4 Å². The average molecular weight is 512 g/mol. The fourth-order valence-electron chi connectivity index (χ4n) is 4.21. The Hall–Kier alpha value is -3.46. The van der Waals surface area contributed by atoms with Gasteiger partial charge in [-0.1, -0.05) is 0 Å². The van der Waals surface area contributed by atoms with Crippen molar-refractivity contribution in [2.75, 3.05) is 68.5 Å². The van der Waals surface area contributed by atoms with Gasteiger partial charge in [0.25, 0.3) is 0 Å². The summed E-state index contributed by atoms with van der Waals surface area (Å²) in [5.74, 6) is 1.01. The van der Waals surface area contributed by atoms with Gasteiger partial charge >= 0.3 is 12.2 Å². The summed E-state index contributed by atoms with van der Waals surface area (Å²) < 4.78 is 43.0. The van der Waals surface area contributed by atoms with Crippen molar-refractivity contribution in [3.05, 3.63) is 18.5 Å². The van der Waals surface area contributed by atoms with E-state index in [4.69, 9.17) is 10.5 Å². The fraction of sp³-hybridized carbons (Fsp3) is 0.571. The minimum Gasteiger partial charge on any atom is -0.396 e. The van der Waals surface area contributed by atoms with Crippen molar-refractivity contribution in [2.24, 2.45) is 0 Å². The second-order valence-electron chi connectivity index (χ2n) is 8.69. The van der Waals surface area contributed by atoms with Gasteiger partial charge in [0.15, 0.2) is 0 Å². The first kappa shape index (κ1) is 25.6. The first-order valence-corrected chi connectivity index (χ1v) is 11.4. The molecule has 0 saturated carbocycles. The van der Waals surface area contributed by atoms with E-state index in [-0.39, 0.29) is 32.1 Å². The zero-order chi connectivity index (χ0) is 25.8. The maximum absolute atomic E-state index is 12.5. The summed E-state index contributed by atoms with van der Waals surface area (Å²) in [4.78, 5) is 33.0. The van der Waals surface area contributed by atoms with Gasteiger partial charge in [-0.15, -0.1) is 0 Å². The quantitative estimate of drug-likeness (QED) is 0.421. The van der Waals surface area contributed by atoms with Crippen LogP contribution in [0, 0.1) is 0 Å². The van der Waals surface area contributed by atoms with E-state index >= 15 is 0 Å². The van der Waals surface area contributed by atoms with Crippen molar-refractivity contribution in [3.63, 3.8) is 0 Å². The van der Waals surface area contributed by atoms with Crippen LogP contribution >= 0.6 is 0 Å². The molecular formula is C21H28F3N9O3. The molecule has 36 heavy (non-hydrogen) atoms. The van der Waals surface area contributed by atoms with Crippen molar-refractivity contribution in [3.8, 4) is 11.3 Å². The van der Waals surface area contributed by atoms with Gasteiger partial charge in [-0.3, -0.25) is 0 Å².